The second kappa shape index (κ2) is 12.4. The Bertz CT molecular complexity index is 864. The van der Waals surface area contributed by atoms with Crippen LogP contribution < -0.4 is 0 Å². The first kappa shape index (κ1) is 40.0. The van der Waals surface area contributed by atoms with Gasteiger partial charge in [-0.1, -0.05) is 0 Å². The Morgan fingerprint density at radius 3 is 0.447 bits per heavy atom. The van der Waals surface area contributed by atoms with Gasteiger partial charge in [0.25, 0.3) is 0 Å². The van der Waals surface area contributed by atoms with Crippen LogP contribution in [0.15, 0.2) is 0 Å². The molecule has 278 valence electrons. The summed E-state index contributed by atoms with van der Waals surface area (Å²) in [7, 11) is 0. The minimum atomic E-state index is -6.45. The Balaban J connectivity index is 2.41. The van der Waals surface area contributed by atoms with Gasteiger partial charge in [0, 0.05) is 0 Å². The maximum atomic E-state index is 15.6. The van der Waals surface area contributed by atoms with Gasteiger partial charge in [-0.15, -0.1) is 0 Å². The Labute approximate surface area is 252 Å². The van der Waals surface area contributed by atoms with Gasteiger partial charge in [0.05, 0.1) is 40.9 Å². The zero-order chi connectivity index (χ0) is 36.6. The summed E-state index contributed by atoms with van der Waals surface area (Å²) in [6, 6.07) is 0. The molecule has 21 heteroatoms. The van der Waals surface area contributed by atoms with E-state index in [0.717, 1.165) is 0 Å². The van der Waals surface area contributed by atoms with E-state index in [9.17, 15) is 79.0 Å². The average molecular weight is 738 g/mol. The summed E-state index contributed by atoms with van der Waals surface area (Å²) >= 11 is 0. The molecule has 3 rings (SSSR count). The fraction of sp³-hybridized carbons (Fsp3) is 1.00. The highest BCUT2D eigenvalue weighted by molar-refractivity contribution is 5.09. The lowest BCUT2D eigenvalue weighted by molar-refractivity contribution is -0.334. The quantitative estimate of drug-likeness (QED) is 0.253. The van der Waals surface area contributed by atoms with Crippen molar-refractivity contribution in [3.8, 4) is 0 Å². The lowest BCUT2D eigenvalue weighted by Crippen LogP contribution is -2.61. The summed E-state index contributed by atoms with van der Waals surface area (Å²) in [5.74, 6) is -29.6. The molecule has 0 aliphatic heterocycles. The van der Waals surface area contributed by atoms with Crippen molar-refractivity contribution in [3.63, 3.8) is 0 Å². The van der Waals surface area contributed by atoms with Crippen molar-refractivity contribution < 1.29 is 92.2 Å². The zero-order valence-corrected chi connectivity index (χ0v) is 23.5. The van der Waals surface area contributed by atoms with Crippen molar-refractivity contribution in [2.24, 2.45) is 58.7 Å². The summed E-state index contributed by atoms with van der Waals surface area (Å²) in [4.78, 5) is 0. The molecule has 6 unspecified atom stereocenters. The van der Waals surface area contributed by atoms with E-state index in [1.165, 1.54) is 0 Å². The van der Waals surface area contributed by atoms with Gasteiger partial charge in [-0.25, -0.2) is 0 Å². The predicted molar refractivity (Wildman–Crippen MR) is 118 cm³/mol. The van der Waals surface area contributed by atoms with Gasteiger partial charge in [0.2, 0.25) is 0 Å². The third-order valence-electron chi connectivity index (χ3n) is 10.4. The number of hydrogen-bond acceptors (Lipinski definition) is 0. The largest absolute Gasteiger partial charge is 0.395 e. The van der Waals surface area contributed by atoms with E-state index >= 15 is 13.2 Å². The molecule has 0 aromatic rings. The Hall–Kier alpha value is -1.47. The van der Waals surface area contributed by atoms with E-state index in [-0.39, 0.29) is 0 Å². The Kier molecular flexibility index (Phi) is 10.5. The highest BCUT2D eigenvalue weighted by Crippen LogP contribution is 2.69. The molecule has 6 atom stereocenters. The monoisotopic (exact) mass is 738 g/mol. The molecule has 0 bridgehead atoms. The first-order chi connectivity index (χ1) is 20.7. The molecule has 3 saturated carbocycles. The van der Waals surface area contributed by atoms with Gasteiger partial charge in [0.1, 0.15) is 0 Å². The molecule has 0 spiro atoms. The second-order valence-corrected chi connectivity index (χ2v) is 13.1. The van der Waals surface area contributed by atoms with Crippen molar-refractivity contribution in [1.82, 2.24) is 0 Å². The fourth-order valence-corrected chi connectivity index (χ4v) is 8.42. The van der Waals surface area contributed by atoms with E-state index in [1.54, 1.807) is 0 Å². The molecule has 0 aromatic carbocycles. The third kappa shape index (κ3) is 8.47. The molecule has 3 aliphatic rings. The van der Waals surface area contributed by atoms with Crippen LogP contribution in [0.2, 0.25) is 0 Å². The number of rotatable bonds is 3. The first-order valence-corrected chi connectivity index (χ1v) is 14.2. The standard InChI is InChI=1S/C26H27F21/c27-20(28,29)13-1-10(2-14(7-13)21(30,31)32)19(26(45,46)47,11-3-15(22(33,34)35)8-16(4-11)23(36,37)38)12-5-17(24(39,40)41)9-18(6-12)25(42,43)44/h10-18H,1-9H2. The minimum Gasteiger partial charge on any atom is -0.171 e. The SMILES string of the molecule is FC(F)(F)C1CC(C(F)(F)F)CC(C(C2CC(C(F)(F)F)CC(C(F)(F)F)C2)(C2CC(C(F)(F)F)CC(C(F)(F)F)C2)C(F)(F)F)C1. The number of hydrogen-bond donors (Lipinski definition) is 0. The minimum absolute atomic E-state index is 1.92. The summed E-state index contributed by atoms with van der Waals surface area (Å²) < 4.78 is 296. The van der Waals surface area contributed by atoms with E-state index < -0.39 is 160 Å². The molecule has 3 aliphatic carbocycles. The fourth-order valence-electron chi connectivity index (χ4n) is 8.42. The summed E-state index contributed by atoms with van der Waals surface area (Å²) in [6.45, 7) is 0. The van der Waals surface area contributed by atoms with Gasteiger partial charge in [-0.2, -0.15) is 92.2 Å². The third-order valence-corrected chi connectivity index (χ3v) is 10.4. The van der Waals surface area contributed by atoms with Crippen LogP contribution in [-0.4, -0.2) is 43.2 Å². The van der Waals surface area contributed by atoms with Gasteiger partial charge < -0.3 is 0 Å². The molecule has 0 amide bonds. The number of alkyl halides is 21. The average Bonchev–Trinajstić information content (AvgIpc) is 2.84. The smallest absolute Gasteiger partial charge is 0.171 e. The van der Waals surface area contributed by atoms with Crippen LogP contribution in [0.1, 0.15) is 57.8 Å². The van der Waals surface area contributed by atoms with Gasteiger partial charge >= 0.3 is 43.2 Å². The molecule has 0 radical (unpaired) electrons. The maximum Gasteiger partial charge on any atom is 0.395 e. The van der Waals surface area contributed by atoms with Crippen molar-refractivity contribution in [3.05, 3.63) is 0 Å². The van der Waals surface area contributed by atoms with E-state index in [0.29, 0.717) is 0 Å². The zero-order valence-electron chi connectivity index (χ0n) is 23.5. The van der Waals surface area contributed by atoms with Crippen LogP contribution in [0.3, 0.4) is 0 Å². The van der Waals surface area contributed by atoms with Gasteiger partial charge in [0.15, 0.2) is 0 Å². The molecule has 3 fully saturated rings. The molecule has 0 saturated heterocycles. The summed E-state index contributed by atoms with van der Waals surface area (Å²) in [6.07, 6.45) is -58.7. The lowest BCUT2D eigenvalue weighted by Gasteiger charge is -2.59. The van der Waals surface area contributed by atoms with Crippen molar-refractivity contribution in [2.45, 2.75) is 101 Å². The topological polar surface area (TPSA) is 0 Å². The van der Waals surface area contributed by atoms with E-state index in [2.05, 4.69) is 0 Å². The van der Waals surface area contributed by atoms with Gasteiger partial charge in [-0.05, 0) is 75.5 Å². The summed E-state index contributed by atoms with van der Waals surface area (Å²) in [5, 5.41) is 0. The molecule has 0 aromatic heterocycles. The van der Waals surface area contributed by atoms with Crippen LogP contribution in [0, 0.1) is 58.7 Å². The first-order valence-electron chi connectivity index (χ1n) is 14.2. The highest BCUT2D eigenvalue weighted by atomic mass is 19.4. The molecular weight excluding hydrogens is 711 g/mol. The van der Waals surface area contributed by atoms with E-state index in [4.69, 9.17) is 0 Å². The molecule has 0 N–H and O–H groups in total. The molecular formula is C26H27F21. The van der Waals surface area contributed by atoms with Crippen molar-refractivity contribution in [2.75, 3.05) is 0 Å². The van der Waals surface area contributed by atoms with Crippen molar-refractivity contribution >= 4 is 0 Å². The molecule has 0 nitrogen and oxygen atoms in total. The summed E-state index contributed by atoms with van der Waals surface area (Å²) in [5.41, 5.74) is -4.67. The van der Waals surface area contributed by atoms with Gasteiger partial charge in [-0.3, -0.25) is 0 Å². The van der Waals surface area contributed by atoms with Crippen LogP contribution >= 0.6 is 0 Å². The maximum absolute atomic E-state index is 15.6. The van der Waals surface area contributed by atoms with Crippen LogP contribution in [0.4, 0.5) is 92.2 Å². The highest BCUT2D eigenvalue weighted by Gasteiger charge is 2.73. The molecule has 47 heavy (non-hydrogen) atoms. The normalized spacial score (nSPS) is 35.8. The van der Waals surface area contributed by atoms with Crippen molar-refractivity contribution in [1.29, 1.82) is 0 Å². The van der Waals surface area contributed by atoms with Crippen LogP contribution in [-0.2, 0) is 0 Å². The van der Waals surface area contributed by atoms with E-state index in [1.807, 2.05) is 0 Å². The second-order valence-electron chi connectivity index (χ2n) is 13.1. The molecule has 0 heterocycles. The van der Waals surface area contributed by atoms with Crippen LogP contribution in [0.25, 0.3) is 0 Å². The predicted octanol–water partition coefficient (Wildman–Crippen LogP) is 12.0. The van der Waals surface area contributed by atoms with Crippen LogP contribution in [0.5, 0.6) is 0 Å². The Morgan fingerprint density at radius 1 is 0.213 bits per heavy atom. The lowest BCUT2D eigenvalue weighted by atomic mass is 9.46. The Morgan fingerprint density at radius 2 is 0.340 bits per heavy atom. The number of halogens is 21.